The fraction of sp³-hybridized carbons (Fsp3) is 0.600. The molecule has 4 unspecified atom stereocenters. The number of hydrogen-bond donors (Lipinski definition) is 1. The van der Waals surface area contributed by atoms with Crippen molar-refractivity contribution in [2.45, 2.75) is 38.3 Å². The predicted molar refractivity (Wildman–Crippen MR) is 144 cm³/mol. The molecule has 0 aliphatic carbocycles. The van der Waals surface area contributed by atoms with Crippen LogP contribution in [0, 0.1) is 11.8 Å². The zero-order chi connectivity index (χ0) is 22.5. The summed E-state index contributed by atoms with van der Waals surface area (Å²) in [4.78, 5) is 13.8. The number of ether oxygens (including phenoxy) is 1. The summed E-state index contributed by atoms with van der Waals surface area (Å²) in [7, 11) is 5.87. The molecule has 3 heterocycles. The number of nitrogens with zero attached hydrogens (tertiary/aromatic N) is 5. The predicted octanol–water partition coefficient (Wildman–Crippen LogP) is 4.05. The van der Waals surface area contributed by atoms with Gasteiger partial charge in [-0.3, -0.25) is 9.89 Å². The zero-order valence-corrected chi connectivity index (χ0v) is 22.7. The maximum absolute atomic E-state index is 5.36. The highest BCUT2D eigenvalue weighted by molar-refractivity contribution is 14.0. The van der Waals surface area contributed by atoms with Crippen molar-refractivity contribution in [2.75, 3.05) is 47.4 Å². The minimum atomic E-state index is 0. The number of nitrogens with one attached hydrogen (secondary N) is 1. The Hall–Kier alpha value is -1.81. The number of piperidine rings is 2. The molecular formula is C25H39IN6O. The van der Waals surface area contributed by atoms with E-state index in [0.717, 1.165) is 44.3 Å². The van der Waals surface area contributed by atoms with Gasteiger partial charge in [0, 0.05) is 45.1 Å². The number of imidazole rings is 1. The van der Waals surface area contributed by atoms with E-state index < -0.39 is 0 Å². The largest absolute Gasteiger partial charge is 0.497 e. The minimum Gasteiger partial charge on any atom is -0.497 e. The first-order valence-corrected chi connectivity index (χ1v) is 11.9. The average molecular weight is 567 g/mol. The number of rotatable bonds is 5. The Balaban J connectivity index is 0.00000306. The van der Waals surface area contributed by atoms with Crippen LogP contribution in [0.15, 0.2) is 48.0 Å². The Kier molecular flexibility index (Phi) is 9.43. The lowest BCUT2D eigenvalue weighted by Crippen LogP contribution is -2.51. The van der Waals surface area contributed by atoms with Gasteiger partial charge in [-0.25, -0.2) is 4.98 Å². The van der Waals surface area contributed by atoms with Crippen molar-refractivity contribution in [1.29, 1.82) is 0 Å². The lowest BCUT2D eigenvalue weighted by Gasteiger charge is -2.42. The Morgan fingerprint density at radius 1 is 1.21 bits per heavy atom. The number of aliphatic imine (C=N–C) groups is 1. The summed E-state index contributed by atoms with van der Waals surface area (Å²) in [5.74, 6) is 3.09. The van der Waals surface area contributed by atoms with Crippen molar-refractivity contribution in [3.8, 4) is 5.75 Å². The molecule has 0 amide bonds. The van der Waals surface area contributed by atoms with Crippen LogP contribution in [-0.4, -0.2) is 72.7 Å². The van der Waals surface area contributed by atoms with E-state index in [2.05, 4.69) is 74.1 Å². The van der Waals surface area contributed by atoms with E-state index in [0.29, 0.717) is 23.9 Å². The van der Waals surface area contributed by atoms with Crippen molar-refractivity contribution in [2.24, 2.45) is 16.8 Å². The van der Waals surface area contributed by atoms with Crippen LogP contribution in [0.1, 0.15) is 43.8 Å². The summed E-state index contributed by atoms with van der Waals surface area (Å²) in [6, 6.07) is 9.42. The molecule has 1 N–H and O–H groups in total. The van der Waals surface area contributed by atoms with E-state index >= 15 is 0 Å². The molecule has 2 saturated heterocycles. The molecule has 2 fully saturated rings. The maximum Gasteiger partial charge on any atom is 0.193 e. The third-order valence-corrected chi connectivity index (χ3v) is 7.32. The first-order chi connectivity index (χ1) is 15.6. The number of likely N-dealkylation sites (tertiary alicyclic amines) is 2. The third kappa shape index (κ3) is 6.01. The van der Waals surface area contributed by atoms with E-state index in [1.165, 1.54) is 18.4 Å². The van der Waals surface area contributed by atoms with Crippen molar-refractivity contribution < 1.29 is 4.74 Å². The number of benzene rings is 1. The molecule has 1 aromatic heterocycles. The van der Waals surface area contributed by atoms with E-state index in [9.17, 15) is 0 Å². The van der Waals surface area contributed by atoms with Crippen molar-refractivity contribution >= 4 is 29.9 Å². The highest BCUT2D eigenvalue weighted by Crippen LogP contribution is 2.35. The molecule has 2 aliphatic rings. The number of halogens is 1. The summed E-state index contributed by atoms with van der Waals surface area (Å²) in [6.07, 6.45) is 9.51. The fourth-order valence-corrected chi connectivity index (χ4v) is 5.45. The molecule has 0 bridgehead atoms. The standard InChI is InChI=1S/C25H38N6O.HI/c1-19-11-14-30(17-23(19)31-15-12-27-18-31)25(26-2)28-16-21-6-5-13-29(3)24(21)20-7-9-22(32-4)10-8-20;/h7-10,12,15,18-19,21,23-24H,5-6,11,13-14,16-17H2,1-4H3,(H,26,28);1H. The smallest absolute Gasteiger partial charge is 0.193 e. The summed E-state index contributed by atoms with van der Waals surface area (Å²) in [6.45, 7) is 6.41. The molecule has 4 rings (SSSR count). The molecule has 2 aromatic rings. The number of guanidine groups is 1. The van der Waals surface area contributed by atoms with Crippen LogP contribution in [0.2, 0.25) is 0 Å². The molecular weight excluding hydrogens is 527 g/mol. The van der Waals surface area contributed by atoms with Crippen molar-refractivity contribution in [1.82, 2.24) is 24.7 Å². The Bertz CT molecular complexity index is 872. The molecule has 33 heavy (non-hydrogen) atoms. The Morgan fingerprint density at radius 2 is 2.00 bits per heavy atom. The second-order valence-electron chi connectivity index (χ2n) is 9.32. The second-order valence-corrected chi connectivity index (χ2v) is 9.32. The Labute approximate surface area is 215 Å². The van der Waals surface area contributed by atoms with Crippen molar-refractivity contribution in [3.05, 3.63) is 48.5 Å². The minimum absolute atomic E-state index is 0. The van der Waals surface area contributed by atoms with Gasteiger partial charge in [0.2, 0.25) is 0 Å². The number of aromatic nitrogens is 2. The molecule has 7 nitrogen and oxygen atoms in total. The van der Waals surface area contributed by atoms with E-state index in [4.69, 9.17) is 4.74 Å². The first kappa shape index (κ1) is 25.8. The molecule has 0 spiro atoms. The average Bonchev–Trinajstić information content (AvgIpc) is 3.35. The molecule has 0 saturated carbocycles. The van der Waals surface area contributed by atoms with Crippen molar-refractivity contribution in [3.63, 3.8) is 0 Å². The van der Waals surface area contributed by atoms with Crippen LogP contribution < -0.4 is 10.1 Å². The lowest BCUT2D eigenvalue weighted by atomic mass is 9.85. The van der Waals surface area contributed by atoms with Gasteiger partial charge in [-0.05, 0) is 62.4 Å². The topological polar surface area (TPSA) is 57.9 Å². The van der Waals surface area contributed by atoms with E-state index in [1.807, 2.05) is 19.6 Å². The summed E-state index contributed by atoms with van der Waals surface area (Å²) < 4.78 is 7.61. The van der Waals surface area contributed by atoms with Gasteiger partial charge in [0.1, 0.15) is 5.75 Å². The quantitative estimate of drug-likeness (QED) is 0.336. The van der Waals surface area contributed by atoms with Gasteiger partial charge in [-0.1, -0.05) is 19.1 Å². The number of methoxy groups -OCH3 is 1. The summed E-state index contributed by atoms with van der Waals surface area (Å²) in [5.41, 5.74) is 1.36. The number of hydrogen-bond acceptors (Lipinski definition) is 4. The zero-order valence-electron chi connectivity index (χ0n) is 20.4. The molecule has 2 aliphatic heterocycles. The lowest BCUT2D eigenvalue weighted by molar-refractivity contribution is 0.121. The SMILES string of the molecule is CN=C(NCC1CCCN(C)C1c1ccc(OC)cc1)N1CCC(C)C(n2ccnc2)C1.I. The van der Waals surface area contributed by atoms with Gasteiger partial charge in [-0.15, -0.1) is 24.0 Å². The highest BCUT2D eigenvalue weighted by Gasteiger charge is 2.32. The van der Waals surface area contributed by atoms with Gasteiger partial charge in [0.15, 0.2) is 5.96 Å². The van der Waals surface area contributed by atoms with Gasteiger partial charge in [0.25, 0.3) is 0 Å². The molecule has 8 heteroatoms. The van der Waals surface area contributed by atoms with Gasteiger partial charge in [0.05, 0.1) is 19.5 Å². The maximum atomic E-state index is 5.36. The normalized spacial score (nSPS) is 26.5. The van der Waals surface area contributed by atoms with Gasteiger partial charge < -0.3 is 19.5 Å². The molecule has 4 atom stereocenters. The third-order valence-electron chi connectivity index (χ3n) is 7.32. The fourth-order valence-electron chi connectivity index (χ4n) is 5.45. The molecule has 1 aromatic carbocycles. The first-order valence-electron chi connectivity index (χ1n) is 11.9. The van der Waals surface area contributed by atoms with Crippen LogP contribution in [0.3, 0.4) is 0 Å². The van der Waals surface area contributed by atoms with E-state index in [1.54, 1.807) is 7.11 Å². The van der Waals surface area contributed by atoms with Crippen LogP contribution in [0.25, 0.3) is 0 Å². The van der Waals surface area contributed by atoms with Crippen LogP contribution >= 0.6 is 24.0 Å². The second kappa shape index (κ2) is 12.1. The Morgan fingerprint density at radius 3 is 2.67 bits per heavy atom. The van der Waals surface area contributed by atoms with Gasteiger partial charge >= 0.3 is 0 Å². The van der Waals surface area contributed by atoms with E-state index in [-0.39, 0.29) is 24.0 Å². The molecule has 0 radical (unpaired) electrons. The summed E-state index contributed by atoms with van der Waals surface area (Å²) in [5, 5.41) is 3.73. The van der Waals surface area contributed by atoms with Crippen LogP contribution in [0.4, 0.5) is 0 Å². The summed E-state index contributed by atoms with van der Waals surface area (Å²) >= 11 is 0. The van der Waals surface area contributed by atoms with Crippen LogP contribution in [-0.2, 0) is 0 Å². The molecule has 182 valence electrons. The monoisotopic (exact) mass is 566 g/mol. The van der Waals surface area contributed by atoms with Gasteiger partial charge in [-0.2, -0.15) is 0 Å². The van der Waals surface area contributed by atoms with Crippen LogP contribution in [0.5, 0.6) is 5.75 Å². The highest BCUT2D eigenvalue weighted by atomic mass is 127.